The summed E-state index contributed by atoms with van der Waals surface area (Å²) in [5.41, 5.74) is -3.50. The third-order valence-corrected chi connectivity index (χ3v) is 4.14. The lowest BCUT2D eigenvalue weighted by Gasteiger charge is -2.19. The summed E-state index contributed by atoms with van der Waals surface area (Å²) in [5, 5.41) is 12.3. The minimum Gasteiger partial charge on any atom is -0.464 e. The molecule has 2 rings (SSSR count). The average molecular weight is 424 g/mol. The highest BCUT2D eigenvalue weighted by atomic mass is 35.5. The smallest absolute Gasteiger partial charge is 0.420 e. The highest BCUT2D eigenvalue weighted by Crippen LogP contribution is 2.43. The monoisotopic (exact) mass is 423 g/mol. The number of anilines is 1. The summed E-state index contributed by atoms with van der Waals surface area (Å²) < 4.78 is 45.0. The number of nitro benzene ring substituents is 1. The van der Waals surface area contributed by atoms with Gasteiger partial charge < -0.3 is 10.1 Å². The molecule has 27 heavy (non-hydrogen) atoms. The Hall–Kier alpha value is -2.59. The van der Waals surface area contributed by atoms with Crippen LogP contribution in [0.15, 0.2) is 24.3 Å². The zero-order valence-corrected chi connectivity index (χ0v) is 14.9. The quantitative estimate of drug-likeness (QED) is 0.323. The molecule has 0 saturated carbocycles. The fourth-order valence-electron chi connectivity index (χ4n) is 2.24. The summed E-state index contributed by atoms with van der Waals surface area (Å²) in [6.45, 7) is -0.388. The highest BCUT2D eigenvalue weighted by Gasteiger charge is 2.41. The van der Waals surface area contributed by atoms with Gasteiger partial charge >= 0.3 is 12.1 Å². The molecule has 2 aromatic rings. The first kappa shape index (κ1) is 20.7. The minimum atomic E-state index is -5.03. The topological polar surface area (TPSA) is 94.4 Å². The maximum absolute atomic E-state index is 13.6. The number of rotatable bonds is 5. The predicted octanol–water partition coefficient (Wildman–Crippen LogP) is 4.71. The Morgan fingerprint density at radius 2 is 1.96 bits per heavy atom. The number of pyridine rings is 1. The predicted molar refractivity (Wildman–Crippen MR) is 91.0 cm³/mol. The first-order chi connectivity index (χ1) is 12.6. The molecule has 0 amide bonds. The summed E-state index contributed by atoms with van der Waals surface area (Å²) in [5.74, 6) is -1.37. The van der Waals surface area contributed by atoms with Crippen LogP contribution in [0, 0.1) is 10.1 Å². The van der Waals surface area contributed by atoms with Crippen molar-refractivity contribution in [2.75, 3.05) is 12.4 Å². The molecule has 0 atom stereocenters. The third kappa shape index (κ3) is 4.40. The van der Waals surface area contributed by atoms with Crippen LogP contribution in [0.3, 0.4) is 0 Å². The molecule has 0 unspecified atom stereocenters. The summed E-state index contributed by atoms with van der Waals surface area (Å²) in [6.07, 6.45) is -5.03. The molecule has 0 aliphatic carbocycles. The molecular formula is C15H10Cl2F3N3O4. The Labute approximate surface area is 160 Å². The van der Waals surface area contributed by atoms with Gasteiger partial charge in [0.15, 0.2) is 10.8 Å². The van der Waals surface area contributed by atoms with E-state index in [2.05, 4.69) is 15.0 Å². The van der Waals surface area contributed by atoms with Crippen LogP contribution in [-0.2, 0) is 17.5 Å². The van der Waals surface area contributed by atoms with E-state index in [9.17, 15) is 28.1 Å². The molecule has 1 N–H and O–H groups in total. The first-order valence-electron chi connectivity index (χ1n) is 7.08. The number of hydrogen-bond acceptors (Lipinski definition) is 6. The lowest BCUT2D eigenvalue weighted by molar-refractivity contribution is -0.385. The number of para-hydroxylation sites is 1. The standard InChI is InChI=1S/C15H10Cl2F3N3O4/c1-27-14(24)12-9(15(18,19)20)11(10(16)13(17)22-12)21-6-7-4-2-3-5-8(7)23(25)26/h2-5H,6H2,1H3,(H,21,22). The molecule has 0 aliphatic rings. The normalized spacial score (nSPS) is 11.2. The number of halogens is 5. The van der Waals surface area contributed by atoms with E-state index in [0.717, 1.165) is 7.11 Å². The molecule has 12 heteroatoms. The summed E-state index contributed by atoms with van der Waals surface area (Å²) in [6, 6.07) is 5.45. The Balaban J connectivity index is 2.58. The van der Waals surface area contributed by atoms with Crippen molar-refractivity contribution in [2.45, 2.75) is 12.7 Å². The van der Waals surface area contributed by atoms with E-state index in [1.807, 2.05) is 0 Å². The van der Waals surface area contributed by atoms with Gasteiger partial charge in [-0.15, -0.1) is 0 Å². The zero-order valence-electron chi connectivity index (χ0n) is 13.4. The van der Waals surface area contributed by atoms with E-state index in [0.29, 0.717) is 0 Å². The molecule has 144 valence electrons. The molecule has 7 nitrogen and oxygen atoms in total. The van der Waals surface area contributed by atoms with Crippen molar-refractivity contribution in [3.63, 3.8) is 0 Å². The van der Waals surface area contributed by atoms with Crippen molar-refractivity contribution in [3.8, 4) is 0 Å². The van der Waals surface area contributed by atoms with E-state index in [1.165, 1.54) is 24.3 Å². The molecule has 0 saturated heterocycles. The van der Waals surface area contributed by atoms with Crippen molar-refractivity contribution in [3.05, 3.63) is 61.4 Å². The number of carbonyl (C=O) groups excluding carboxylic acids is 1. The number of aromatic nitrogens is 1. The zero-order chi connectivity index (χ0) is 20.4. The molecule has 1 aromatic carbocycles. The molecule has 1 aromatic heterocycles. The van der Waals surface area contributed by atoms with Crippen LogP contribution < -0.4 is 5.32 Å². The second-order valence-electron chi connectivity index (χ2n) is 5.04. The number of nitrogens with zero attached hydrogens (tertiary/aromatic N) is 2. The van der Waals surface area contributed by atoms with Crippen molar-refractivity contribution in [1.29, 1.82) is 0 Å². The van der Waals surface area contributed by atoms with Crippen LogP contribution in [0.1, 0.15) is 21.6 Å². The van der Waals surface area contributed by atoms with Gasteiger partial charge in [0.1, 0.15) is 10.6 Å². The molecule has 1 heterocycles. The SMILES string of the molecule is COC(=O)c1nc(Cl)c(Cl)c(NCc2ccccc2[N+](=O)[O-])c1C(F)(F)F. The van der Waals surface area contributed by atoms with E-state index >= 15 is 0 Å². The van der Waals surface area contributed by atoms with Gasteiger partial charge in [0.25, 0.3) is 5.69 Å². The van der Waals surface area contributed by atoms with E-state index in [-0.39, 0.29) is 17.8 Å². The number of hydrogen-bond donors (Lipinski definition) is 1. The largest absolute Gasteiger partial charge is 0.464 e. The van der Waals surface area contributed by atoms with Gasteiger partial charge in [-0.05, 0) is 0 Å². The van der Waals surface area contributed by atoms with Gasteiger partial charge in [-0.25, -0.2) is 9.78 Å². The van der Waals surface area contributed by atoms with Gasteiger partial charge in [0.2, 0.25) is 0 Å². The lowest BCUT2D eigenvalue weighted by atomic mass is 10.1. The average Bonchev–Trinajstić information content (AvgIpc) is 2.60. The lowest BCUT2D eigenvalue weighted by Crippen LogP contribution is -2.20. The second-order valence-corrected chi connectivity index (χ2v) is 5.78. The number of benzene rings is 1. The van der Waals surface area contributed by atoms with Crippen LogP contribution in [0.2, 0.25) is 10.2 Å². The summed E-state index contributed by atoms with van der Waals surface area (Å²) >= 11 is 11.6. The number of nitro groups is 1. The Morgan fingerprint density at radius 3 is 2.52 bits per heavy atom. The van der Waals surface area contributed by atoms with Crippen molar-refractivity contribution in [1.82, 2.24) is 4.98 Å². The van der Waals surface area contributed by atoms with Gasteiger partial charge in [-0.3, -0.25) is 10.1 Å². The molecule has 0 aliphatic heterocycles. The van der Waals surface area contributed by atoms with E-state index in [1.54, 1.807) is 0 Å². The molecule has 0 bridgehead atoms. The fourth-order valence-corrected chi connectivity index (χ4v) is 2.63. The summed E-state index contributed by atoms with van der Waals surface area (Å²) in [7, 11) is 0.882. The molecule has 0 radical (unpaired) electrons. The number of methoxy groups -OCH3 is 1. The van der Waals surface area contributed by atoms with Crippen LogP contribution >= 0.6 is 23.2 Å². The van der Waals surface area contributed by atoms with Gasteiger partial charge in [0.05, 0.1) is 17.7 Å². The van der Waals surface area contributed by atoms with Crippen LogP contribution in [-0.4, -0.2) is 23.0 Å². The first-order valence-corrected chi connectivity index (χ1v) is 7.84. The Morgan fingerprint density at radius 1 is 1.33 bits per heavy atom. The maximum Gasteiger partial charge on any atom is 0.420 e. The number of ether oxygens (including phenoxy) is 1. The number of esters is 1. The van der Waals surface area contributed by atoms with E-state index in [4.69, 9.17) is 23.2 Å². The number of nitrogens with one attached hydrogen (secondary N) is 1. The van der Waals surface area contributed by atoms with Gasteiger partial charge in [-0.1, -0.05) is 41.4 Å². The second kappa shape index (κ2) is 7.97. The van der Waals surface area contributed by atoms with Crippen LogP contribution in [0.5, 0.6) is 0 Å². The molecule has 0 spiro atoms. The molecule has 0 fully saturated rings. The molecular weight excluding hydrogens is 414 g/mol. The Bertz CT molecular complexity index is 907. The maximum atomic E-state index is 13.6. The van der Waals surface area contributed by atoms with E-state index < -0.39 is 44.2 Å². The fraction of sp³-hybridized carbons (Fsp3) is 0.200. The van der Waals surface area contributed by atoms with Crippen LogP contribution in [0.4, 0.5) is 24.5 Å². The third-order valence-electron chi connectivity index (χ3n) is 3.40. The highest BCUT2D eigenvalue weighted by molar-refractivity contribution is 6.43. The van der Waals surface area contributed by atoms with Gasteiger partial charge in [-0.2, -0.15) is 13.2 Å². The van der Waals surface area contributed by atoms with Gasteiger partial charge in [0, 0.05) is 18.2 Å². The van der Waals surface area contributed by atoms with Crippen LogP contribution in [0.25, 0.3) is 0 Å². The van der Waals surface area contributed by atoms with Crippen molar-refractivity contribution in [2.24, 2.45) is 0 Å². The number of carbonyl (C=O) groups is 1. The Kier molecular flexibility index (Phi) is 6.11. The van der Waals surface area contributed by atoms with Crippen molar-refractivity contribution >= 4 is 40.5 Å². The minimum absolute atomic E-state index is 0.0965. The van der Waals surface area contributed by atoms with Crippen molar-refractivity contribution < 1.29 is 27.6 Å². The summed E-state index contributed by atoms with van der Waals surface area (Å²) in [4.78, 5) is 25.4. The number of alkyl halides is 3.